The highest BCUT2D eigenvalue weighted by Crippen LogP contribution is 2.20. The number of rotatable bonds is 3. The molecule has 3 unspecified atom stereocenters. The van der Waals surface area contributed by atoms with Crippen LogP contribution in [0.1, 0.15) is 12.8 Å². The van der Waals surface area contributed by atoms with Crippen LogP contribution in [0.2, 0.25) is 0 Å². The molecule has 78 valence electrons. The summed E-state index contributed by atoms with van der Waals surface area (Å²) in [6, 6.07) is -0.433. The van der Waals surface area contributed by atoms with Gasteiger partial charge in [-0.3, -0.25) is 0 Å². The van der Waals surface area contributed by atoms with Gasteiger partial charge in [-0.2, -0.15) is 0 Å². The van der Waals surface area contributed by atoms with Gasteiger partial charge in [0.1, 0.15) is 0 Å². The molecule has 0 bridgehead atoms. The lowest BCUT2D eigenvalue weighted by Gasteiger charge is -2.35. The first-order valence-corrected chi connectivity index (χ1v) is 4.49. The zero-order chi connectivity index (χ0) is 9.84. The predicted molar refractivity (Wildman–Crippen MR) is 47.9 cm³/mol. The third-order valence-corrected chi connectivity index (χ3v) is 2.36. The summed E-state index contributed by atoms with van der Waals surface area (Å²) in [4.78, 5) is 0. The van der Waals surface area contributed by atoms with Gasteiger partial charge < -0.3 is 26.0 Å². The van der Waals surface area contributed by atoms with Crippen molar-refractivity contribution in [3.63, 3.8) is 0 Å². The van der Waals surface area contributed by atoms with E-state index in [-0.39, 0.29) is 24.8 Å². The lowest BCUT2D eigenvalue weighted by atomic mass is 10.00. The topological polar surface area (TPSA) is 90.7 Å². The highest BCUT2D eigenvalue weighted by Gasteiger charge is 2.31. The first-order valence-electron chi connectivity index (χ1n) is 4.49. The van der Waals surface area contributed by atoms with Gasteiger partial charge in [-0.25, -0.2) is 0 Å². The minimum atomic E-state index is -0.392. The van der Waals surface area contributed by atoms with Gasteiger partial charge in [0, 0.05) is 7.11 Å². The molecule has 1 aliphatic heterocycles. The standard InChI is InChI=1S/C8H18N2O3/c1-12-8-5(9)2-3-7(13-8)6(10)4-11/h5-8,11H,2-4,9-10H2,1H3/t5?,6?,7?,8-/m0/s1. The Morgan fingerprint density at radius 1 is 1.62 bits per heavy atom. The van der Waals surface area contributed by atoms with Gasteiger partial charge >= 0.3 is 0 Å². The van der Waals surface area contributed by atoms with Gasteiger partial charge in [0.25, 0.3) is 0 Å². The quantitative estimate of drug-likeness (QED) is 0.519. The molecule has 1 aliphatic rings. The van der Waals surface area contributed by atoms with E-state index in [0.29, 0.717) is 0 Å². The Morgan fingerprint density at radius 3 is 2.85 bits per heavy atom. The van der Waals surface area contributed by atoms with E-state index in [2.05, 4.69) is 0 Å². The number of aliphatic hydroxyl groups excluding tert-OH is 1. The Balaban J connectivity index is 2.44. The van der Waals surface area contributed by atoms with Crippen molar-refractivity contribution in [3.05, 3.63) is 0 Å². The molecule has 0 saturated carbocycles. The van der Waals surface area contributed by atoms with Crippen molar-refractivity contribution in [3.8, 4) is 0 Å². The fourth-order valence-electron chi connectivity index (χ4n) is 1.50. The molecule has 0 aliphatic carbocycles. The number of ether oxygens (including phenoxy) is 2. The molecule has 0 aromatic rings. The molecule has 1 heterocycles. The van der Waals surface area contributed by atoms with Crippen LogP contribution in [-0.2, 0) is 9.47 Å². The van der Waals surface area contributed by atoms with Crippen LogP contribution < -0.4 is 11.5 Å². The molecule has 5 heteroatoms. The monoisotopic (exact) mass is 190 g/mol. The molecule has 5 N–H and O–H groups in total. The second kappa shape index (κ2) is 4.88. The summed E-state index contributed by atoms with van der Waals surface area (Å²) >= 11 is 0. The summed E-state index contributed by atoms with van der Waals surface area (Å²) in [6.07, 6.45) is 1.06. The average Bonchev–Trinajstić information content (AvgIpc) is 2.17. The lowest BCUT2D eigenvalue weighted by Crippen LogP contribution is -2.51. The van der Waals surface area contributed by atoms with Crippen LogP contribution >= 0.6 is 0 Å². The van der Waals surface area contributed by atoms with Crippen LogP contribution in [0.15, 0.2) is 0 Å². The van der Waals surface area contributed by atoms with Crippen LogP contribution in [0.5, 0.6) is 0 Å². The van der Waals surface area contributed by atoms with E-state index in [4.69, 9.17) is 26.0 Å². The minimum Gasteiger partial charge on any atom is -0.395 e. The van der Waals surface area contributed by atoms with Gasteiger partial charge in [0.05, 0.1) is 24.8 Å². The molecule has 1 fully saturated rings. The molecule has 0 spiro atoms. The molecule has 4 atom stereocenters. The lowest BCUT2D eigenvalue weighted by molar-refractivity contribution is -0.195. The van der Waals surface area contributed by atoms with Crippen molar-refractivity contribution >= 4 is 0 Å². The summed E-state index contributed by atoms with van der Waals surface area (Å²) in [5.74, 6) is 0. The average molecular weight is 190 g/mol. The Hall–Kier alpha value is -0.200. The van der Waals surface area contributed by atoms with Gasteiger partial charge in [0.15, 0.2) is 6.29 Å². The summed E-state index contributed by atoms with van der Waals surface area (Å²) in [5.41, 5.74) is 11.4. The van der Waals surface area contributed by atoms with Gasteiger partial charge in [0.2, 0.25) is 0 Å². The Morgan fingerprint density at radius 2 is 2.31 bits per heavy atom. The zero-order valence-electron chi connectivity index (χ0n) is 7.85. The fraction of sp³-hybridized carbons (Fsp3) is 1.00. The van der Waals surface area contributed by atoms with Gasteiger partial charge in [-0.1, -0.05) is 0 Å². The Bertz CT molecular complexity index is 156. The van der Waals surface area contributed by atoms with Crippen LogP contribution in [0.4, 0.5) is 0 Å². The van der Waals surface area contributed by atoms with E-state index in [1.165, 1.54) is 0 Å². The summed E-state index contributed by atoms with van der Waals surface area (Å²) < 4.78 is 10.5. The van der Waals surface area contributed by atoms with Crippen LogP contribution in [0.3, 0.4) is 0 Å². The Kier molecular flexibility index (Phi) is 4.08. The van der Waals surface area contributed by atoms with E-state index in [9.17, 15) is 0 Å². The maximum atomic E-state index is 8.83. The number of hydrogen-bond acceptors (Lipinski definition) is 5. The van der Waals surface area contributed by atoms with Crippen molar-refractivity contribution in [1.82, 2.24) is 0 Å². The number of methoxy groups -OCH3 is 1. The Labute approximate surface area is 78.0 Å². The van der Waals surface area contributed by atoms with E-state index >= 15 is 0 Å². The van der Waals surface area contributed by atoms with Crippen LogP contribution in [-0.4, -0.2) is 43.3 Å². The van der Waals surface area contributed by atoms with Crippen molar-refractivity contribution < 1.29 is 14.6 Å². The highest BCUT2D eigenvalue weighted by atomic mass is 16.7. The van der Waals surface area contributed by atoms with Crippen molar-refractivity contribution in [2.45, 2.75) is 37.3 Å². The molecule has 0 radical (unpaired) electrons. The maximum absolute atomic E-state index is 8.83. The number of nitrogens with two attached hydrogens (primary N) is 2. The molecular weight excluding hydrogens is 172 g/mol. The molecule has 1 saturated heterocycles. The van der Waals surface area contributed by atoms with Crippen LogP contribution in [0, 0.1) is 0 Å². The number of aliphatic hydroxyl groups is 1. The van der Waals surface area contributed by atoms with E-state index < -0.39 is 6.29 Å². The molecule has 13 heavy (non-hydrogen) atoms. The molecule has 0 aromatic heterocycles. The summed E-state index contributed by atoms with van der Waals surface area (Å²) in [7, 11) is 1.55. The molecular formula is C8H18N2O3. The van der Waals surface area contributed by atoms with Crippen molar-refractivity contribution in [2.24, 2.45) is 11.5 Å². The third-order valence-electron chi connectivity index (χ3n) is 2.36. The SMILES string of the molecule is CO[C@H]1OC(C(N)CO)CCC1N. The minimum absolute atomic E-state index is 0.0731. The molecule has 0 amide bonds. The van der Waals surface area contributed by atoms with Gasteiger partial charge in [-0.15, -0.1) is 0 Å². The summed E-state index contributed by atoms with van der Waals surface area (Å²) in [5, 5.41) is 8.83. The zero-order valence-corrected chi connectivity index (χ0v) is 7.85. The van der Waals surface area contributed by atoms with Crippen LogP contribution in [0.25, 0.3) is 0 Å². The molecule has 5 nitrogen and oxygen atoms in total. The smallest absolute Gasteiger partial charge is 0.172 e. The largest absolute Gasteiger partial charge is 0.395 e. The first kappa shape index (κ1) is 10.9. The second-order valence-electron chi connectivity index (χ2n) is 3.37. The summed E-state index contributed by atoms with van der Waals surface area (Å²) in [6.45, 7) is -0.0731. The molecule has 1 rings (SSSR count). The van der Waals surface area contributed by atoms with Gasteiger partial charge in [-0.05, 0) is 12.8 Å². The predicted octanol–water partition coefficient (Wildman–Crippen LogP) is -1.22. The fourth-order valence-corrected chi connectivity index (χ4v) is 1.50. The van der Waals surface area contributed by atoms with E-state index in [0.717, 1.165) is 12.8 Å². The number of hydrogen-bond donors (Lipinski definition) is 3. The highest BCUT2D eigenvalue weighted by molar-refractivity contribution is 4.82. The first-order chi connectivity index (χ1) is 6.19. The van der Waals surface area contributed by atoms with E-state index in [1.54, 1.807) is 7.11 Å². The van der Waals surface area contributed by atoms with E-state index in [1.807, 2.05) is 0 Å². The normalized spacial score (nSPS) is 37.4. The second-order valence-corrected chi connectivity index (χ2v) is 3.37. The van der Waals surface area contributed by atoms with Crippen molar-refractivity contribution in [2.75, 3.05) is 13.7 Å². The van der Waals surface area contributed by atoms with Crippen molar-refractivity contribution in [1.29, 1.82) is 0 Å². The molecule has 0 aromatic carbocycles. The maximum Gasteiger partial charge on any atom is 0.172 e. The third kappa shape index (κ3) is 2.62.